The fourth-order valence-electron chi connectivity index (χ4n) is 2.15. The molecule has 6 heteroatoms. The van der Waals surface area contributed by atoms with Crippen molar-refractivity contribution in [2.24, 2.45) is 11.7 Å². The van der Waals surface area contributed by atoms with Gasteiger partial charge in [-0.05, 0) is 39.5 Å². The van der Waals surface area contributed by atoms with E-state index in [0.29, 0.717) is 6.54 Å². The van der Waals surface area contributed by atoms with Crippen LogP contribution in [0.3, 0.4) is 0 Å². The maximum Gasteiger partial charge on any atom is 0.277 e. The molecule has 17 heavy (non-hydrogen) atoms. The standard InChI is InChI=1S/C11H25N3O2S/c1-11(2,3)14-17(15,16)13-8-9-6-4-5-7-10(9)12/h9-10,13-14H,4-8,12H2,1-3H3. The van der Waals surface area contributed by atoms with E-state index in [-0.39, 0.29) is 12.0 Å². The first kappa shape index (κ1) is 14.9. The van der Waals surface area contributed by atoms with Crippen LogP contribution in [0.1, 0.15) is 46.5 Å². The van der Waals surface area contributed by atoms with Gasteiger partial charge in [-0.25, -0.2) is 4.72 Å². The lowest BCUT2D eigenvalue weighted by atomic mass is 9.85. The molecule has 0 aromatic rings. The topological polar surface area (TPSA) is 84.2 Å². The van der Waals surface area contributed by atoms with E-state index in [1.54, 1.807) is 0 Å². The molecule has 0 bridgehead atoms. The van der Waals surface area contributed by atoms with E-state index in [2.05, 4.69) is 9.44 Å². The van der Waals surface area contributed by atoms with Crippen molar-refractivity contribution in [2.75, 3.05) is 6.54 Å². The van der Waals surface area contributed by atoms with E-state index >= 15 is 0 Å². The van der Waals surface area contributed by atoms with Gasteiger partial charge in [0.15, 0.2) is 0 Å². The largest absolute Gasteiger partial charge is 0.327 e. The lowest BCUT2D eigenvalue weighted by molar-refractivity contribution is 0.307. The molecule has 0 spiro atoms. The maximum atomic E-state index is 11.7. The van der Waals surface area contributed by atoms with Crippen molar-refractivity contribution < 1.29 is 8.42 Å². The predicted molar refractivity (Wildman–Crippen MR) is 69.7 cm³/mol. The third-order valence-electron chi connectivity index (χ3n) is 2.94. The quantitative estimate of drug-likeness (QED) is 0.699. The normalized spacial score (nSPS) is 27.1. The lowest BCUT2D eigenvalue weighted by Gasteiger charge is -2.29. The molecule has 1 aliphatic rings. The maximum absolute atomic E-state index is 11.7. The Labute approximate surface area is 105 Å². The van der Waals surface area contributed by atoms with Gasteiger partial charge in [0.05, 0.1) is 0 Å². The van der Waals surface area contributed by atoms with Gasteiger partial charge in [0.2, 0.25) is 0 Å². The molecule has 1 saturated carbocycles. The predicted octanol–water partition coefficient (Wildman–Crippen LogP) is 0.726. The Morgan fingerprint density at radius 1 is 1.24 bits per heavy atom. The molecule has 102 valence electrons. The van der Waals surface area contributed by atoms with E-state index in [4.69, 9.17) is 5.73 Å². The Bertz CT molecular complexity index is 335. The SMILES string of the molecule is CC(C)(C)NS(=O)(=O)NCC1CCCCC1N. The first-order valence-corrected chi connectivity index (χ1v) is 7.72. The molecule has 1 fully saturated rings. The van der Waals surface area contributed by atoms with E-state index < -0.39 is 15.7 Å². The molecule has 0 aromatic heterocycles. The Morgan fingerprint density at radius 3 is 2.35 bits per heavy atom. The summed E-state index contributed by atoms with van der Waals surface area (Å²) in [7, 11) is -3.42. The first-order valence-electron chi connectivity index (χ1n) is 6.24. The first-order chi connectivity index (χ1) is 7.70. The molecular formula is C11H25N3O2S. The van der Waals surface area contributed by atoms with Crippen molar-refractivity contribution in [3.05, 3.63) is 0 Å². The van der Waals surface area contributed by atoms with Crippen molar-refractivity contribution in [3.63, 3.8) is 0 Å². The fraction of sp³-hybridized carbons (Fsp3) is 1.00. The molecular weight excluding hydrogens is 238 g/mol. The van der Waals surface area contributed by atoms with Crippen LogP contribution >= 0.6 is 0 Å². The highest BCUT2D eigenvalue weighted by molar-refractivity contribution is 7.87. The van der Waals surface area contributed by atoms with Crippen LogP contribution in [0.15, 0.2) is 0 Å². The van der Waals surface area contributed by atoms with E-state index in [1.165, 1.54) is 0 Å². The van der Waals surface area contributed by atoms with Gasteiger partial charge in [0.1, 0.15) is 0 Å². The van der Waals surface area contributed by atoms with Gasteiger partial charge >= 0.3 is 0 Å². The molecule has 4 N–H and O–H groups in total. The summed E-state index contributed by atoms with van der Waals surface area (Å²) in [6.45, 7) is 5.89. The van der Waals surface area contributed by atoms with Crippen LogP contribution < -0.4 is 15.2 Å². The summed E-state index contributed by atoms with van der Waals surface area (Å²) >= 11 is 0. The van der Waals surface area contributed by atoms with Crippen LogP contribution in [-0.4, -0.2) is 26.5 Å². The number of hydrogen-bond acceptors (Lipinski definition) is 3. The van der Waals surface area contributed by atoms with Crippen LogP contribution in [0, 0.1) is 5.92 Å². The highest BCUT2D eigenvalue weighted by atomic mass is 32.2. The van der Waals surface area contributed by atoms with Crippen LogP contribution in [0.2, 0.25) is 0 Å². The third-order valence-corrected chi connectivity index (χ3v) is 4.37. The zero-order chi connectivity index (χ0) is 13.1. The third kappa shape index (κ3) is 5.81. The summed E-state index contributed by atoms with van der Waals surface area (Å²) in [4.78, 5) is 0. The van der Waals surface area contributed by atoms with Gasteiger partial charge < -0.3 is 5.73 Å². The Balaban J connectivity index is 2.44. The minimum Gasteiger partial charge on any atom is -0.327 e. The van der Waals surface area contributed by atoms with Gasteiger partial charge in [-0.1, -0.05) is 12.8 Å². The molecule has 1 rings (SSSR count). The van der Waals surface area contributed by atoms with Crippen molar-refractivity contribution >= 4 is 10.2 Å². The molecule has 0 heterocycles. The van der Waals surface area contributed by atoms with Crippen molar-refractivity contribution in [1.82, 2.24) is 9.44 Å². The average molecular weight is 263 g/mol. The molecule has 0 saturated heterocycles. The number of nitrogens with two attached hydrogens (primary N) is 1. The van der Waals surface area contributed by atoms with Crippen molar-refractivity contribution in [2.45, 2.75) is 58.0 Å². The summed E-state index contributed by atoms with van der Waals surface area (Å²) in [5.74, 6) is 0.264. The van der Waals surface area contributed by atoms with E-state index in [1.807, 2.05) is 20.8 Å². The van der Waals surface area contributed by atoms with Crippen molar-refractivity contribution in [1.29, 1.82) is 0 Å². The molecule has 0 radical (unpaired) electrons. The minimum absolute atomic E-state index is 0.126. The Morgan fingerprint density at radius 2 is 1.82 bits per heavy atom. The molecule has 5 nitrogen and oxygen atoms in total. The zero-order valence-electron chi connectivity index (χ0n) is 11.0. The van der Waals surface area contributed by atoms with Crippen LogP contribution in [0.4, 0.5) is 0 Å². The molecule has 0 amide bonds. The van der Waals surface area contributed by atoms with Crippen molar-refractivity contribution in [3.8, 4) is 0 Å². The second-order valence-corrected chi connectivity index (χ2v) is 7.41. The fourth-order valence-corrected chi connectivity index (χ4v) is 3.46. The highest BCUT2D eigenvalue weighted by Crippen LogP contribution is 2.22. The van der Waals surface area contributed by atoms with Gasteiger partial charge in [-0.2, -0.15) is 13.1 Å². The number of rotatable bonds is 4. The van der Waals surface area contributed by atoms with E-state index in [9.17, 15) is 8.42 Å². The lowest BCUT2D eigenvalue weighted by Crippen LogP contribution is -2.49. The second kappa shape index (κ2) is 5.65. The average Bonchev–Trinajstić information content (AvgIpc) is 2.13. The molecule has 0 aromatic carbocycles. The number of nitrogens with one attached hydrogen (secondary N) is 2. The smallest absolute Gasteiger partial charge is 0.277 e. The van der Waals surface area contributed by atoms with Gasteiger partial charge in [0, 0.05) is 18.1 Å². The number of hydrogen-bond donors (Lipinski definition) is 3. The highest BCUT2D eigenvalue weighted by Gasteiger charge is 2.25. The van der Waals surface area contributed by atoms with Crippen LogP contribution in [0.25, 0.3) is 0 Å². The monoisotopic (exact) mass is 263 g/mol. The summed E-state index contributed by atoms with van der Waals surface area (Å²) in [5.41, 5.74) is 5.52. The summed E-state index contributed by atoms with van der Waals surface area (Å²) in [6, 6.07) is 0.126. The summed E-state index contributed by atoms with van der Waals surface area (Å²) < 4.78 is 28.6. The molecule has 2 atom stereocenters. The van der Waals surface area contributed by atoms with Gasteiger partial charge in [0.25, 0.3) is 10.2 Å². The van der Waals surface area contributed by atoms with E-state index in [0.717, 1.165) is 25.7 Å². The molecule has 2 unspecified atom stereocenters. The Kier molecular flexibility index (Phi) is 4.95. The summed E-state index contributed by atoms with van der Waals surface area (Å²) in [5, 5.41) is 0. The van der Waals surface area contributed by atoms with Gasteiger partial charge in [-0.3, -0.25) is 0 Å². The van der Waals surface area contributed by atoms with Crippen LogP contribution in [0.5, 0.6) is 0 Å². The zero-order valence-corrected chi connectivity index (χ0v) is 11.8. The Hall–Kier alpha value is -0.170. The molecule has 0 aliphatic heterocycles. The van der Waals surface area contributed by atoms with Crippen LogP contribution in [-0.2, 0) is 10.2 Å². The summed E-state index contributed by atoms with van der Waals surface area (Å²) in [6.07, 6.45) is 4.32. The van der Waals surface area contributed by atoms with Gasteiger partial charge in [-0.15, -0.1) is 0 Å². The second-order valence-electron chi connectivity index (χ2n) is 5.91. The molecule has 1 aliphatic carbocycles. The minimum atomic E-state index is -3.42.